The molecule has 3 aromatic rings. The zero-order valence-electron chi connectivity index (χ0n) is 16.5. The number of anilines is 1. The van der Waals surface area contributed by atoms with E-state index in [0.29, 0.717) is 26.8 Å². The Morgan fingerprint density at radius 1 is 1.03 bits per heavy atom. The Morgan fingerprint density at radius 3 is 2.47 bits per heavy atom. The monoisotopic (exact) mass is 461 g/mol. The molecule has 2 heterocycles. The second-order valence-electron chi connectivity index (χ2n) is 6.98. The first-order valence-corrected chi connectivity index (χ1v) is 11.3. The van der Waals surface area contributed by atoms with Crippen LogP contribution >= 0.6 is 35.0 Å². The number of thioether (sulfide) groups is 1. The molecule has 1 saturated heterocycles. The SMILES string of the molecule is Cn1c(SCC(=O)N2CCN(c3ccccc3)CC2)nnc1-c1ccc(Cl)cc1Cl. The summed E-state index contributed by atoms with van der Waals surface area (Å²) in [5.41, 5.74) is 1.96. The van der Waals surface area contributed by atoms with Gasteiger partial charge in [-0.2, -0.15) is 0 Å². The van der Waals surface area contributed by atoms with E-state index in [2.05, 4.69) is 27.2 Å². The smallest absolute Gasteiger partial charge is 0.233 e. The van der Waals surface area contributed by atoms with E-state index in [-0.39, 0.29) is 5.91 Å². The number of rotatable bonds is 5. The van der Waals surface area contributed by atoms with E-state index in [1.165, 1.54) is 17.4 Å². The van der Waals surface area contributed by atoms with Crippen LogP contribution in [0, 0.1) is 0 Å². The summed E-state index contributed by atoms with van der Waals surface area (Å²) in [6.45, 7) is 3.12. The first kappa shape index (κ1) is 21.0. The molecule has 156 valence electrons. The zero-order chi connectivity index (χ0) is 21.1. The lowest BCUT2D eigenvalue weighted by atomic mass is 10.2. The molecule has 6 nitrogen and oxygen atoms in total. The maximum absolute atomic E-state index is 12.7. The normalized spacial score (nSPS) is 14.2. The summed E-state index contributed by atoms with van der Waals surface area (Å²) in [5.74, 6) is 1.08. The average Bonchev–Trinajstić information content (AvgIpc) is 3.13. The fraction of sp³-hybridized carbons (Fsp3) is 0.286. The average molecular weight is 462 g/mol. The number of hydrogen-bond acceptors (Lipinski definition) is 5. The molecule has 0 bridgehead atoms. The Kier molecular flexibility index (Phi) is 6.51. The van der Waals surface area contributed by atoms with Gasteiger partial charge in [-0.15, -0.1) is 10.2 Å². The third-order valence-electron chi connectivity index (χ3n) is 5.09. The van der Waals surface area contributed by atoms with Gasteiger partial charge in [0.05, 0.1) is 10.8 Å². The van der Waals surface area contributed by atoms with Crippen LogP contribution in [0.1, 0.15) is 0 Å². The number of aromatic nitrogens is 3. The van der Waals surface area contributed by atoms with Gasteiger partial charge >= 0.3 is 0 Å². The first-order valence-electron chi connectivity index (χ1n) is 9.58. The van der Waals surface area contributed by atoms with Crippen LogP contribution in [0.3, 0.4) is 0 Å². The standard InChI is InChI=1S/C21H21Cl2N5OS/c1-26-20(17-8-7-15(22)13-18(17)23)24-25-21(26)30-14-19(29)28-11-9-27(10-12-28)16-5-3-2-4-6-16/h2-8,13H,9-12,14H2,1H3. The van der Waals surface area contributed by atoms with Crippen molar-refractivity contribution >= 4 is 46.6 Å². The summed E-state index contributed by atoms with van der Waals surface area (Å²) in [6, 6.07) is 15.6. The molecule has 0 atom stereocenters. The van der Waals surface area contributed by atoms with Gasteiger partial charge in [0, 0.05) is 49.5 Å². The number of hydrogen-bond donors (Lipinski definition) is 0. The molecule has 0 spiro atoms. The summed E-state index contributed by atoms with van der Waals surface area (Å²) < 4.78 is 1.85. The van der Waals surface area contributed by atoms with E-state index in [0.717, 1.165) is 31.7 Å². The van der Waals surface area contributed by atoms with Crippen LogP contribution in [0.4, 0.5) is 5.69 Å². The molecule has 1 amide bonds. The lowest BCUT2D eigenvalue weighted by molar-refractivity contribution is -0.128. The number of nitrogens with zero attached hydrogens (tertiary/aromatic N) is 5. The topological polar surface area (TPSA) is 54.3 Å². The molecule has 30 heavy (non-hydrogen) atoms. The molecule has 9 heteroatoms. The number of piperazine rings is 1. The second-order valence-corrected chi connectivity index (χ2v) is 8.77. The molecule has 0 N–H and O–H groups in total. The molecule has 2 aromatic carbocycles. The Balaban J connectivity index is 1.34. The van der Waals surface area contributed by atoms with Crippen molar-refractivity contribution in [1.29, 1.82) is 0 Å². The van der Waals surface area contributed by atoms with Gasteiger partial charge in [-0.25, -0.2) is 0 Å². The van der Waals surface area contributed by atoms with Crippen LogP contribution in [0.25, 0.3) is 11.4 Å². The Morgan fingerprint density at radius 2 is 1.77 bits per heavy atom. The highest BCUT2D eigenvalue weighted by Crippen LogP contribution is 2.30. The minimum absolute atomic E-state index is 0.113. The zero-order valence-corrected chi connectivity index (χ0v) is 18.8. The van der Waals surface area contributed by atoms with E-state index in [9.17, 15) is 4.79 Å². The minimum atomic E-state index is 0.113. The molecule has 1 aliphatic rings. The van der Waals surface area contributed by atoms with Gasteiger partial charge in [0.2, 0.25) is 5.91 Å². The summed E-state index contributed by atoms with van der Waals surface area (Å²) in [6.07, 6.45) is 0. The van der Waals surface area contributed by atoms with Gasteiger partial charge in [0.1, 0.15) is 0 Å². The van der Waals surface area contributed by atoms with Gasteiger partial charge in [0.25, 0.3) is 0 Å². The summed E-state index contributed by atoms with van der Waals surface area (Å²) in [4.78, 5) is 16.9. The number of halogens is 2. The summed E-state index contributed by atoms with van der Waals surface area (Å²) in [5, 5.41) is 10.2. The maximum atomic E-state index is 12.7. The third-order valence-corrected chi connectivity index (χ3v) is 6.64. The molecule has 0 unspecified atom stereocenters. The van der Waals surface area contributed by atoms with Gasteiger partial charge < -0.3 is 14.4 Å². The van der Waals surface area contributed by atoms with Crippen molar-refractivity contribution in [1.82, 2.24) is 19.7 Å². The molecule has 1 aromatic heterocycles. The molecule has 0 saturated carbocycles. The Labute approximate surface area is 189 Å². The van der Waals surface area contributed by atoms with Crippen LogP contribution in [0.5, 0.6) is 0 Å². The Bertz CT molecular complexity index is 1040. The van der Waals surface area contributed by atoms with Crippen molar-refractivity contribution in [2.45, 2.75) is 5.16 Å². The van der Waals surface area contributed by atoms with Gasteiger partial charge in [0.15, 0.2) is 11.0 Å². The van der Waals surface area contributed by atoms with Crippen molar-refractivity contribution < 1.29 is 4.79 Å². The van der Waals surface area contributed by atoms with Crippen molar-refractivity contribution in [3.8, 4) is 11.4 Å². The van der Waals surface area contributed by atoms with Crippen molar-refractivity contribution in [3.05, 3.63) is 58.6 Å². The van der Waals surface area contributed by atoms with Gasteiger partial charge in [-0.1, -0.05) is 53.2 Å². The van der Waals surface area contributed by atoms with Crippen LogP contribution in [0.15, 0.2) is 53.7 Å². The minimum Gasteiger partial charge on any atom is -0.368 e. The summed E-state index contributed by atoms with van der Waals surface area (Å²) >= 11 is 13.7. The van der Waals surface area contributed by atoms with Gasteiger partial charge in [-0.05, 0) is 30.3 Å². The molecule has 1 aliphatic heterocycles. The van der Waals surface area contributed by atoms with E-state index < -0.39 is 0 Å². The highest BCUT2D eigenvalue weighted by Gasteiger charge is 2.22. The number of amides is 1. The number of carbonyl (C=O) groups excluding carboxylic acids is 1. The lowest BCUT2D eigenvalue weighted by Crippen LogP contribution is -2.49. The van der Waals surface area contributed by atoms with Crippen molar-refractivity contribution in [2.75, 3.05) is 36.8 Å². The molecular formula is C21H21Cl2N5OS. The quantitative estimate of drug-likeness (QED) is 0.532. The Hall–Kier alpha value is -2.22. The molecule has 1 fully saturated rings. The van der Waals surface area contributed by atoms with E-state index in [1.54, 1.807) is 12.1 Å². The predicted molar refractivity (Wildman–Crippen MR) is 122 cm³/mol. The number of carbonyl (C=O) groups is 1. The highest BCUT2D eigenvalue weighted by molar-refractivity contribution is 7.99. The van der Waals surface area contributed by atoms with Crippen molar-refractivity contribution in [3.63, 3.8) is 0 Å². The highest BCUT2D eigenvalue weighted by atomic mass is 35.5. The first-order chi connectivity index (χ1) is 14.5. The fourth-order valence-corrected chi connectivity index (χ4v) is 4.72. The van der Waals surface area contributed by atoms with Gasteiger partial charge in [-0.3, -0.25) is 4.79 Å². The largest absolute Gasteiger partial charge is 0.368 e. The van der Waals surface area contributed by atoms with Crippen LogP contribution < -0.4 is 4.90 Å². The lowest BCUT2D eigenvalue weighted by Gasteiger charge is -2.36. The molecular weight excluding hydrogens is 441 g/mol. The number of benzene rings is 2. The van der Waals surface area contributed by atoms with E-state index in [4.69, 9.17) is 23.2 Å². The van der Waals surface area contributed by atoms with E-state index >= 15 is 0 Å². The number of para-hydroxylation sites is 1. The second kappa shape index (κ2) is 9.29. The van der Waals surface area contributed by atoms with E-state index in [1.807, 2.05) is 40.8 Å². The third kappa shape index (κ3) is 4.58. The fourth-order valence-electron chi connectivity index (χ4n) is 3.42. The maximum Gasteiger partial charge on any atom is 0.233 e. The summed E-state index contributed by atoms with van der Waals surface area (Å²) in [7, 11) is 1.87. The van der Waals surface area contributed by atoms with Crippen molar-refractivity contribution in [2.24, 2.45) is 7.05 Å². The van der Waals surface area contributed by atoms with Crippen LogP contribution in [-0.2, 0) is 11.8 Å². The van der Waals surface area contributed by atoms with Crippen LogP contribution in [-0.4, -0.2) is 57.5 Å². The molecule has 0 radical (unpaired) electrons. The molecule has 0 aliphatic carbocycles. The molecule has 4 rings (SSSR count). The van der Waals surface area contributed by atoms with Crippen LogP contribution in [0.2, 0.25) is 10.0 Å². The predicted octanol–water partition coefficient (Wildman–Crippen LogP) is 4.23.